The Balaban J connectivity index is 3.01. The lowest BCUT2D eigenvalue weighted by Crippen LogP contribution is -2.15. The third-order valence-electron chi connectivity index (χ3n) is 2.16. The molecule has 0 bridgehead atoms. The van der Waals surface area contributed by atoms with Gasteiger partial charge in [-0.15, -0.1) is 0 Å². The molecular weight excluding hydrogens is 210 g/mol. The summed E-state index contributed by atoms with van der Waals surface area (Å²) in [6.45, 7) is 2.10. The van der Waals surface area contributed by atoms with Gasteiger partial charge in [0.25, 0.3) is 5.56 Å². The summed E-state index contributed by atoms with van der Waals surface area (Å²) in [5, 5.41) is 8.82. The number of nitrogens with zero attached hydrogens (tertiary/aromatic N) is 1. The summed E-state index contributed by atoms with van der Waals surface area (Å²) in [6, 6.07) is 1.90. The molecule has 0 aliphatic carbocycles. The van der Waals surface area contributed by atoms with Crippen LogP contribution >= 0.6 is 12.2 Å². The van der Waals surface area contributed by atoms with Gasteiger partial charge in [0.15, 0.2) is 4.77 Å². The van der Waals surface area contributed by atoms with Crippen LogP contribution in [0.5, 0.6) is 0 Å². The number of H-pyrrole nitrogens is 2. The zero-order valence-electron chi connectivity index (χ0n) is 8.59. The first-order valence-corrected chi connectivity index (χ1v) is 5.35. The van der Waals surface area contributed by atoms with Crippen molar-refractivity contribution in [3.8, 4) is 6.07 Å². The van der Waals surface area contributed by atoms with Crippen LogP contribution < -0.4 is 5.56 Å². The van der Waals surface area contributed by atoms with Crippen LogP contribution in [0.15, 0.2) is 4.79 Å². The molecular formula is C10H13N3OS. The zero-order chi connectivity index (χ0) is 11.3. The molecule has 0 aromatic carbocycles. The van der Waals surface area contributed by atoms with Crippen molar-refractivity contribution in [1.82, 2.24) is 9.97 Å². The topological polar surface area (TPSA) is 72.4 Å². The van der Waals surface area contributed by atoms with Gasteiger partial charge in [-0.1, -0.05) is 19.8 Å². The molecule has 0 atom stereocenters. The molecule has 5 heteroatoms. The van der Waals surface area contributed by atoms with Crippen molar-refractivity contribution in [1.29, 1.82) is 5.26 Å². The largest absolute Gasteiger partial charge is 0.335 e. The SMILES string of the molecule is CCCCCc1[nH]c(=S)[nH]c(=O)c1C#N. The number of nitrogens with one attached hydrogen (secondary N) is 2. The van der Waals surface area contributed by atoms with Gasteiger partial charge in [0.05, 0.1) is 0 Å². The van der Waals surface area contributed by atoms with Crippen LogP contribution in [0.1, 0.15) is 37.4 Å². The minimum atomic E-state index is -0.396. The Bertz CT molecular complexity index is 481. The summed E-state index contributed by atoms with van der Waals surface area (Å²) in [4.78, 5) is 16.6. The number of nitriles is 1. The molecule has 0 unspecified atom stereocenters. The number of aromatic amines is 2. The first-order chi connectivity index (χ1) is 7.19. The molecule has 15 heavy (non-hydrogen) atoms. The van der Waals surface area contributed by atoms with E-state index in [1.807, 2.05) is 6.07 Å². The predicted octanol–water partition coefficient (Wildman–Crippen LogP) is 2.04. The van der Waals surface area contributed by atoms with Gasteiger partial charge >= 0.3 is 0 Å². The molecule has 4 nitrogen and oxygen atoms in total. The second-order valence-corrected chi connectivity index (χ2v) is 3.74. The van der Waals surface area contributed by atoms with Gasteiger partial charge < -0.3 is 4.98 Å². The Kier molecular flexibility index (Phi) is 4.25. The minimum absolute atomic E-state index is 0.153. The van der Waals surface area contributed by atoms with E-state index in [0.717, 1.165) is 19.3 Å². The fourth-order valence-corrected chi connectivity index (χ4v) is 1.61. The van der Waals surface area contributed by atoms with Crippen molar-refractivity contribution in [3.05, 3.63) is 26.4 Å². The summed E-state index contributed by atoms with van der Waals surface area (Å²) in [5.74, 6) is 0. The van der Waals surface area contributed by atoms with Gasteiger partial charge in [-0.25, -0.2) is 0 Å². The Hall–Kier alpha value is -1.41. The first kappa shape index (κ1) is 11.7. The van der Waals surface area contributed by atoms with Crippen molar-refractivity contribution < 1.29 is 0 Å². The second-order valence-electron chi connectivity index (χ2n) is 3.33. The van der Waals surface area contributed by atoms with Crippen molar-refractivity contribution >= 4 is 12.2 Å². The van der Waals surface area contributed by atoms with E-state index in [0.29, 0.717) is 12.1 Å². The van der Waals surface area contributed by atoms with Gasteiger partial charge in [-0.3, -0.25) is 9.78 Å². The lowest BCUT2D eigenvalue weighted by molar-refractivity contribution is 0.702. The number of rotatable bonds is 4. The summed E-state index contributed by atoms with van der Waals surface area (Å²) in [5.41, 5.74) is 0.409. The smallest absolute Gasteiger partial charge is 0.269 e. The summed E-state index contributed by atoms with van der Waals surface area (Å²) in [6.07, 6.45) is 3.84. The van der Waals surface area contributed by atoms with Crippen molar-refractivity contribution in [2.45, 2.75) is 32.6 Å². The number of unbranched alkanes of at least 4 members (excludes halogenated alkanes) is 2. The number of hydrogen-bond donors (Lipinski definition) is 2. The third-order valence-corrected chi connectivity index (χ3v) is 2.37. The molecule has 0 radical (unpaired) electrons. The third kappa shape index (κ3) is 3.03. The van der Waals surface area contributed by atoms with Crippen LogP contribution in [0.4, 0.5) is 0 Å². The van der Waals surface area contributed by atoms with E-state index in [-0.39, 0.29) is 10.3 Å². The maximum Gasteiger partial charge on any atom is 0.269 e. The zero-order valence-corrected chi connectivity index (χ0v) is 9.41. The molecule has 0 saturated heterocycles. The maximum absolute atomic E-state index is 11.4. The van der Waals surface area contributed by atoms with Crippen molar-refractivity contribution in [3.63, 3.8) is 0 Å². The molecule has 2 N–H and O–H groups in total. The summed E-state index contributed by atoms with van der Waals surface area (Å²) in [7, 11) is 0. The molecule has 0 aliphatic rings. The van der Waals surface area contributed by atoms with Crippen LogP contribution in [-0.2, 0) is 6.42 Å². The van der Waals surface area contributed by atoms with Crippen molar-refractivity contribution in [2.24, 2.45) is 0 Å². The second kappa shape index (κ2) is 5.47. The van der Waals surface area contributed by atoms with E-state index in [9.17, 15) is 4.79 Å². The van der Waals surface area contributed by atoms with E-state index >= 15 is 0 Å². The van der Waals surface area contributed by atoms with E-state index in [2.05, 4.69) is 16.9 Å². The number of aryl methyl sites for hydroxylation is 1. The Morgan fingerprint density at radius 3 is 2.73 bits per heavy atom. The van der Waals surface area contributed by atoms with Gasteiger partial charge in [0, 0.05) is 5.69 Å². The molecule has 1 aromatic rings. The van der Waals surface area contributed by atoms with Gasteiger partial charge in [0.2, 0.25) is 0 Å². The molecule has 0 spiro atoms. The molecule has 1 rings (SSSR count). The highest BCUT2D eigenvalue weighted by atomic mass is 32.1. The minimum Gasteiger partial charge on any atom is -0.335 e. The van der Waals surface area contributed by atoms with Crippen LogP contribution in [0.2, 0.25) is 0 Å². The molecule has 0 amide bonds. The molecule has 1 heterocycles. The standard InChI is InChI=1S/C10H13N3OS/c1-2-3-4-5-8-7(6-11)9(14)13-10(15)12-8/h2-5H2,1H3,(H2,12,13,14,15). The summed E-state index contributed by atoms with van der Waals surface area (Å²) >= 11 is 4.85. The van der Waals surface area contributed by atoms with E-state index < -0.39 is 5.56 Å². The highest BCUT2D eigenvalue weighted by Gasteiger charge is 2.06. The molecule has 80 valence electrons. The van der Waals surface area contributed by atoms with Gasteiger partial charge in [0.1, 0.15) is 11.6 Å². The monoisotopic (exact) mass is 223 g/mol. The van der Waals surface area contributed by atoms with Gasteiger partial charge in [-0.05, 0) is 25.1 Å². The average molecular weight is 223 g/mol. The fraction of sp³-hybridized carbons (Fsp3) is 0.500. The molecule has 1 aromatic heterocycles. The lowest BCUT2D eigenvalue weighted by atomic mass is 10.1. The Labute approximate surface area is 93.0 Å². The highest BCUT2D eigenvalue weighted by molar-refractivity contribution is 7.71. The van der Waals surface area contributed by atoms with Crippen LogP contribution in [-0.4, -0.2) is 9.97 Å². The normalized spacial score (nSPS) is 9.87. The Morgan fingerprint density at radius 2 is 2.13 bits per heavy atom. The average Bonchev–Trinajstić information content (AvgIpc) is 2.17. The molecule has 0 fully saturated rings. The first-order valence-electron chi connectivity index (χ1n) is 4.94. The van der Waals surface area contributed by atoms with E-state index in [1.165, 1.54) is 0 Å². The summed E-state index contributed by atoms with van der Waals surface area (Å²) < 4.78 is 0.283. The van der Waals surface area contributed by atoms with Gasteiger partial charge in [-0.2, -0.15) is 5.26 Å². The van der Waals surface area contributed by atoms with Crippen molar-refractivity contribution in [2.75, 3.05) is 0 Å². The Morgan fingerprint density at radius 1 is 1.40 bits per heavy atom. The predicted molar refractivity (Wildman–Crippen MR) is 60.2 cm³/mol. The number of hydrogen-bond acceptors (Lipinski definition) is 3. The lowest BCUT2D eigenvalue weighted by Gasteiger charge is -2.02. The van der Waals surface area contributed by atoms with Crippen LogP contribution in [0.3, 0.4) is 0 Å². The maximum atomic E-state index is 11.4. The number of aromatic nitrogens is 2. The fourth-order valence-electron chi connectivity index (χ4n) is 1.39. The highest BCUT2D eigenvalue weighted by Crippen LogP contribution is 2.05. The van der Waals surface area contributed by atoms with E-state index in [4.69, 9.17) is 17.5 Å². The van der Waals surface area contributed by atoms with E-state index in [1.54, 1.807) is 0 Å². The quantitative estimate of drug-likeness (QED) is 0.606. The molecule has 0 aliphatic heterocycles. The van der Waals surface area contributed by atoms with Crippen LogP contribution in [0, 0.1) is 16.1 Å². The molecule has 0 saturated carbocycles. The van der Waals surface area contributed by atoms with Crippen LogP contribution in [0.25, 0.3) is 0 Å².